The number of halogens is 4. The number of hydrogen-bond donors (Lipinski definition) is 1. The third kappa shape index (κ3) is 8.29. The van der Waals surface area contributed by atoms with Gasteiger partial charge in [-0.25, -0.2) is 0 Å². The van der Waals surface area contributed by atoms with E-state index in [1.807, 2.05) is 37.3 Å². The van der Waals surface area contributed by atoms with Crippen LogP contribution in [0.15, 0.2) is 54.6 Å². The average Bonchev–Trinajstić information content (AvgIpc) is 2.75. The molecule has 0 unspecified atom stereocenters. The minimum atomic E-state index is -3.21. The van der Waals surface area contributed by atoms with Gasteiger partial charge < -0.3 is 19.7 Å². The predicted octanol–water partition coefficient (Wildman–Crippen LogP) is 4.07. The number of nitrogens with zero attached hydrogens (tertiary/aromatic N) is 1. The molecule has 6 nitrogen and oxygen atoms in total. The lowest BCUT2D eigenvalue weighted by Crippen LogP contribution is -2.39. The summed E-state index contributed by atoms with van der Waals surface area (Å²) in [5, 5.41) is 2.42. The Balaban J connectivity index is 1.97. The molecule has 2 aromatic rings. The number of ether oxygens (including phenoxy) is 2. The zero-order valence-electron chi connectivity index (χ0n) is 17.1. The number of rotatable bonds is 11. The van der Waals surface area contributed by atoms with Crippen LogP contribution in [0.2, 0.25) is 0 Å². The van der Waals surface area contributed by atoms with Crippen molar-refractivity contribution in [1.29, 1.82) is 0 Å². The number of carbonyl (C=O) groups is 2. The van der Waals surface area contributed by atoms with E-state index in [9.17, 15) is 27.2 Å². The number of alkyl halides is 4. The van der Waals surface area contributed by atoms with E-state index in [2.05, 4.69) is 14.8 Å². The standard InChI is InChI=1S/C22H22F4N2O4/c1-2-28(14-15-6-4-3-5-7-15)20(30)13-27-19(29)11-9-16-8-10-17(31-21(23)24)12-18(16)32-22(25)26/h3-12,21-22H,2,13-14H2,1H3,(H,27,29)/b11-9+. The fraction of sp³-hybridized carbons (Fsp3) is 0.273. The van der Waals surface area contributed by atoms with Gasteiger partial charge in [0, 0.05) is 30.8 Å². The molecule has 0 bridgehead atoms. The number of carbonyl (C=O) groups excluding carboxylic acids is 2. The van der Waals surface area contributed by atoms with Gasteiger partial charge in [-0.15, -0.1) is 0 Å². The number of nitrogens with one attached hydrogen (secondary N) is 1. The molecule has 2 aromatic carbocycles. The van der Waals surface area contributed by atoms with E-state index in [1.54, 1.807) is 4.90 Å². The van der Waals surface area contributed by atoms with Gasteiger partial charge >= 0.3 is 13.2 Å². The summed E-state index contributed by atoms with van der Waals surface area (Å²) >= 11 is 0. The third-order valence-corrected chi connectivity index (χ3v) is 4.21. The summed E-state index contributed by atoms with van der Waals surface area (Å²) in [7, 11) is 0. The quantitative estimate of drug-likeness (QED) is 0.411. The first-order valence-corrected chi connectivity index (χ1v) is 9.59. The molecule has 0 spiro atoms. The van der Waals surface area contributed by atoms with Crippen LogP contribution >= 0.6 is 0 Å². The number of benzene rings is 2. The molecule has 0 saturated carbocycles. The SMILES string of the molecule is CCN(Cc1ccccc1)C(=O)CNC(=O)/C=C/c1ccc(OC(F)F)cc1OC(F)F. The molecule has 0 fully saturated rings. The van der Waals surface area contributed by atoms with Crippen molar-refractivity contribution < 1.29 is 36.6 Å². The fourth-order valence-corrected chi connectivity index (χ4v) is 2.71. The Morgan fingerprint density at radius 2 is 1.72 bits per heavy atom. The average molecular weight is 454 g/mol. The number of likely N-dealkylation sites (N-methyl/N-ethyl adjacent to an activating group) is 1. The van der Waals surface area contributed by atoms with Gasteiger partial charge in [-0.3, -0.25) is 9.59 Å². The van der Waals surface area contributed by atoms with Gasteiger partial charge in [0.05, 0.1) is 6.54 Å². The Morgan fingerprint density at radius 3 is 2.34 bits per heavy atom. The fourth-order valence-electron chi connectivity index (χ4n) is 2.71. The smallest absolute Gasteiger partial charge is 0.387 e. The summed E-state index contributed by atoms with van der Waals surface area (Å²) in [6.45, 7) is -3.95. The molecule has 0 aromatic heterocycles. The van der Waals surface area contributed by atoms with E-state index in [1.165, 1.54) is 6.07 Å². The molecule has 0 aliphatic rings. The van der Waals surface area contributed by atoms with Crippen LogP contribution in [0.25, 0.3) is 6.08 Å². The van der Waals surface area contributed by atoms with Crippen molar-refractivity contribution in [3.63, 3.8) is 0 Å². The van der Waals surface area contributed by atoms with Crippen molar-refractivity contribution in [3.05, 3.63) is 65.7 Å². The molecule has 172 valence electrons. The van der Waals surface area contributed by atoms with Crippen LogP contribution in [-0.4, -0.2) is 43.0 Å². The van der Waals surface area contributed by atoms with E-state index in [-0.39, 0.29) is 23.8 Å². The summed E-state index contributed by atoms with van der Waals surface area (Å²) in [6.07, 6.45) is 2.17. The molecule has 0 radical (unpaired) electrons. The van der Waals surface area contributed by atoms with Crippen molar-refractivity contribution in [3.8, 4) is 11.5 Å². The van der Waals surface area contributed by atoms with E-state index in [4.69, 9.17) is 0 Å². The summed E-state index contributed by atoms with van der Waals surface area (Å²) in [4.78, 5) is 26.0. The monoisotopic (exact) mass is 454 g/mol. The third-order valence-electron chi connectivity index (χ3n) is 4.21. The second-order valence-electron chi connectivity index (χ2n) is 6.40. The Labute approximate surface area is 182 Å². The second kappa shape index (κ2) is 12.3. The van der Waals surface area contributed by atoms with E-state index < -0.39 is 24.9 Å². The number of amides is 2. The zero-order valence-corrected chi connectivity index (χ0v) is 17.1. The molecular formula is C22H22F4N2O4. The topological polar surface area (TPSA) is 67.9 Å². The predicted molar refractivity (Wildman–Crippen MR) is 109 cm³/mol. The molecule has 10 heteroatoms. The minimum Gasteiger partial charge on any atom is -0.435 e. The molecule has 2 rings (SSSR count). The zero-order chi connectivity index (χ0) is 23.5. The van der Waals surface area contributed by atoms with E-state index in [0.717, 1.165) is 29.8 Å². The summed E-state index contributed by atoms with van der Waals surface area (Å²) < 4.78 is 58.3. The van der Waals surface area contributed by atoms with Gasteiger partial charge in [0.25, 0.3) is 0 Å². The molecule has 0 heterocycles. The van der Waals surface area contributed by atoms with Gasteiger partial charge in [-0.1, -0.05) is 30.3 Å². The van der Waals surface area contributed by atoms with Gasteiger partial charge in [0.2, 0.25) is 11.8 Å². The maximum atomic E-state index is 12.6. The van der Waals surface area contributed by atoms with Crippen LogP contribution in [0, 0.1) is 0 Å². The van der Waals surface area contributed by atoms with E-state index in [0.29, 0.717) is 13.1 Å². The summed E-state index contributed by atoms with van der Waals surface area (Å²) in [5.74, 6) is -1.77. The first kappa shape index (κ1) is 24.7. The lowest BCUT2D eigenvalue weighted by atomic mass is 10.1. The lowest BCUT2D eigenvalue weighted by molar-refractivity contribution is -0.132. The molecule has 0 saturated heterocycles. The van der Waals surface area contributed by atoms with Crippen LogP contribution in [0.3, 0.4) is 0 Å². The van der Waals surface area contributed by atoms with Crippen molar-refractivity contribution in [1.82, 2.24) is 10.2 Å². The molecule has 32 heavy (non-hydrogen) atoms. The number of hydrogen-bond acceptors (Lipinski definition) is 4. The highest BCUT2D eigenvalue weighted by Crippen LogP contribution is 2.28. The van der Waals surface area contributed by atoms with Crippen molar-refractivity contribution in [2.75, 3.05) is 13.1 Å². The Bertz CT molecular complexity index is 923. The largest absolute Gasteiger partial charge is 0.435 e. The minimum absolute atomic E-state index is 0.0349. The van der Waals surface area contributed by atoms with Crippen molar-refractivity contribution in [2.24, 2.45) is 0 Å². The van der Waals surface area contributed by atoms with Crippen molar-refractivity contribution >= 4 is 17.9 Å². The highest BCUT2D eigenvalue weighted by Gasteiger charge is 2.14. The van der Waals surface area contributed by atoms with E-state index >= 15 is 0 Å². The van der Waals surface area contributed by atoms with Crippen LogP contribution in [0.1, 0.15) is 18.1 Å². The highest BCUT2D eigenvalue weighted by molar-refractivity contribution is 5.94. The summed E-state index contributed by atoms with van der Waals surface area (Å²) in [6, 6.07) is 12.5. The summed E-state index contributed by atoms with van der Waals surface area (Å²) in [5.41, 5.74) is 0.979. The maximum Gasteiger partial charge on any atom is 0.387 e. The van der Waals surface area contributed by atoms with Gasteiger partial charge in [0.1, 0.15) is 11.5 Å². The first-order chi connectivity index (χ1) is 15.3. The molecular weight excluding hydrogens is 432 g/mol. The highest BCUT2D eigenvalue weighted by atomic mass is 19.3. The van der Waals surface area contributed by atoms with Crippen LogP contribution in [0.4, 0.5) is 17.6 Å². The van der Waals surface area contributed by atoms with Crippen molar-refractivity contribution in [2.45, 2.75) is 26.7 Å². The molecule has 0 atom stereocenters. The molecule has 0 aliphatic carbocycles. The first-order valence-electron chi connectivity index (χ1n) is 9.59. The molecule has 0 aliphatic heterocycles. The Kier molecular flexibility index (Phi) is 9.52. The molecule has 2 amide bonds. The van der Waals surface area contributed by atoms with Gasteiger partial charge in [0.15, 0.2) is 0 Å². The maximum absolute atomic E-state index is 12.6. The van der Waals surface area contributed by atoms with Crippen LogP contribution in [-0.2, 0) is 16.1 Å². The van der Waals surface area contributed by atoms with Gasteiger partial charge in [-0.05, 0) is 30.7 Å². The Morgan fingerprint density at radius 1 is 1.03 bits per heavy atom. The second-order valence-corrected chi connectivity index (χ2v) is 6.40. The molecule has 1 N–H and O–H groups in total. The van der Waals surface area contributed by atoms with Crippen LogP contribution in [0.5, 0.6) is 11.5 Å². The normalized spacial score (nSPS) is 11.1. The Hall–Kier alpha value is -3.56. The van der Waals surface area contributed by atoms with Gasteiger partial charge in [-0.2, -0.15) is 17.6 Å². The van der Waals surface area contributed by atoms with Crippen LogP contribution < -0.4 is 14.8 Å². The lowest BCUT2D eigenvalue weighted by Gasteiger charge is -2.21.